The van der Waals surface area contributed by atoms with E-state index >= 15 is 0 Å². The van der Waals surface area contributed by atoms with E-state index in [1.165, 1.54) is 0 Å². The predicted octanol–water partition coefficient (Wildman–Crippen LogP) is 8.35. The molecule has 7 heteroatoms. The number of esters is 3. The third-order valence-corrected chi connectivity index (χ3v) is 8.03. The van der Waals surface area contributed by atoms with Crippen molar-refractivity contribution >= 4 is 17.9 Å². The zero-order valence-corrected chi connectivity index (χ0v) is 26.3. The lowest BCUT2D eigenvalue weighted by molar-refractivity contribution is -0.146. The lowest BCUT2D eigenvalue weighted by atomic mass is 9.76. The van der Waals surface area contributed by atoms with Gasteiger partial charge in [-0.05, 0) is 76.3 Å². The maximum absolute atomic E-state index is 13.2. The molecule has 1 atom stereocenters. The van der Waals surface area contributed by atoms with Gasteiger partial charge in [-0.3, -0.25) is 9.59 Å². The van der Waals surface area contributed by atoms with E-state index in [2.05, 4.69) is 20.8 Å². The largest absolute Gasteiger partial charge is 0.456 e. The summed E-state index contributed by atoms with van der Waals surface area (Å²) in [7, 11) is 0. The van der Waals surface area contributed by atoms with Gasteiger partial charge in [0.2, 0.25) is 0 Å². The van der Waals surface area contributed by atoms with Crippen LogP contribution in [0.3, 0.4) is 0 Å². The first-order valence-corrected chi connectivity index (χ1v) is 14.8. The third-order valence-electron chi connectivity index (χ3n) is 8.03. The molecule has 0 amide bonds. The van der Waals surface area contributed by atoms with Crippen molar-refractivity contribution in [2.24, 2.45) is 16.2 Å². The molecule has 0 bridgehead atoms. The Morgan fingerprint density at radius 1 is 0.744 bits per heavy atom. The summed E-state index contributed by atoms with van der Waals surface area (Å²) in [5.41, 5.74) is -0.402. The average Bonchev–Trinajstić information content (AvgIpc) is 3.20. The quantitative estimate of drug-likeness (QED) is 0.204. The lowest BCUT2D eigenvalue weighted by Crippen LogP contribution is -2.34. The van der Waals surface area contributed by atoms with Crippen LogP contribution in [0.25, 0.3) is 0 Å². The molecule has 1 unspecified atom stereocenters. The van der Waals surface area contributed by atoms with Crippen molar-refractivity contribution in [2.45, 2.75) is 80.3 Å². The Hall–Kier alpha value is -4.13. The molecule has 0 saturated heterocycles. The second kappa shape index (κ2) is 10.5. The van der Waals surface area contributed by atoms with Crippen molar-refractivity contribution in [3.8, 4) is 23.0 Å². The van der Waals surface area contributed by atoms with Gasteiger partial charge in [-0.2, -0.15) is 0 Å². The number of benzene rings is 3. The van der Waals surface area contributed by atoms with Crippen molar-refractivity contribution < 1.29 is 33.3 Å². The van der Waals surface area contributed by atoms with Gasteiger partial charge in [0, 0.05) is 28.8 Å². The Bertz CT molecular complexity index is 1610. The van der Waals surface area contributed by atoms with Crippen LogP contribution in [0.2, 0.25) is 0 Å². The summed E-state index contributed by atoms with van der Waals surface area (Å²) in [4.78, 5) is 39.4. The van der Waals surface area contributed by atoms with Gasteiger partial charge < -0.3 is 18.9 Å². The van der Waals surface area contributed by atoms with Gasteiger partial charge >= 0.3 is 17.9 Å². The summed E-state index contributed by atoms with van der Waals surface area (Å²) < 4.78 is 24.2. The summed E-state index contributed by atoms with van der Waals surface area (Å²) in [6.45, 7) is 15.8. The lowest BCUT2D eigenvalue weighted by Gasteiger charge is -2.37. The fraction of sp³-hybridized carbons (Fsp3) is 0.417. The second-order valence-electron chi connectivity index (χ2n) is 14.1. The van der Waals surface area contributed by atoms with E-state index < -0.39 is 22.4 Å². The first-order chi connectivity index (χ1) is 20.1. The zero-order valence-electron chi connectivity index (χ0n) is 26.3. The SMILES string of the molecule is CCCC(C)(C)C(=O)Oc1ccc2c(c1)Oc1cc(OC(=O)C(C)(C)CC(C)(C)C)ccc1C21OC(=O)c2ccccc21. The molecule has 3 aromatic carbocycles. The van der Waals surface area contributed by atoms with Gasteiger partial charge in [0.05, 0.1) is 16.4 Å². The van der Waals surface area contributed by atoms with Crippen LogP contribution in [0.15, 0.2) is 60.7 Å². The molecule has 3 aromatic rings. The number of hydrogen-bond acceptors (Lipinski definition) is 7. The van der Waals surface area contributed by atoms with E-state index in [-0.39, 0.29) is 17.4 Å². The van der Waals surface area contributed by atoms with Crippen LogP contribution in [0.5, 0.6) is 23.0 Å². The fourth-order valence-electron chi connectivity index (χ4n) is 6.38. The minimum absolute atomic E-state index is 0.0652. The number of fused-ring (bicyclic) bond motifs is 6. The highest BCUT2D eigenvalue weighted by molar-refractivity contribution is 5.97. The van der Waals surface area contributed by atoms with E-state index in [1.807, 2.05) is 46.8 Å². The highest BCUT2D eigenvalue weighted by Crippen LogP contribution is 2.57. The normalized spacial score (nSPS) is 17.3. The molecule has 43 heavy (non-hydrogen) atoms. The number of ether oxygens (including phenoxy) is 4. The summed E-state index contributed by atoms with van der Waals surface area (Å²) in [5, 5.41) is 0. The molecule has 0 saturated carbocycles. The van der Waals surface area contributed by atoms with E-state index in [1.54, 1.807) is 48.5 Å². The zero-order chi connectivity index (χ0) is 31.4. The molecular weight excluding hydrogens is 544 g/mol. The van der Waals surface area contributed by atoms with Gasteiger partial charge in [0.25, 0.3) is 0 Å². The molecule has 0 fully saturated rings. The van der Waals surface area contributed by atoms with Crippen molar-refractivity contribution in [1.29, 1.82) is 0 Å². The molecule has 2 aliphatic rings. The Morgan fingerprint density at radius 2 is 1.28 bits per heavy atom. The Morgan fingerprint density at radius 3 is 1.81 bits per heavy atom. The molecule has 0 N–H and O–H groups in total. The van der Waals surface area contributed by atoms with Crippen LogP contribution in [0, 0.1) is 16.2 Å². The maximum Gasteiger partial charge on any atom is 0.340 e. The first kappa shape index (κ1) is 30.3. The second-order valence-corrected chi connectivity index (χ2v) is 14.1. The molecule has 0 aliphatic carbocycles. The fourth-order valence-corrected chi connectivity index (χ4v) is 6.38. The first-order valence-electron chi connectivity index (χ1n) is 14.8. The minimum Gasteiger partial charge on any atom is -0.456 e. The van der Waals surface area contributed by atoms with E-state index in [0.29, 0.717) is 58.1 Å². The van der Waals surface area contributed by atoms with Crippen LogP contribution in [0.1, 0.15) is 102 Å². The summed E-state index contributed by atoms with van der Waals surface area (Å²) in [5.74, 6) is 0.213. The predicted molar refractivity (Wildman–Crippen MR) is 163 cm³/mol. The van der Waals surface area contributed by atoms with Gasteiger partial charge in [-0.25, -0.2) is 4.79 Å². The third kappa shape index (κ3) is 5.53. The minimum atomic E-state index is -1.30. The smallest absolute Gasteiger partial charge is 0.340 e. The van der Waals surface area contributed by atoms with Gasteiger partial charge in [-0.1, -0.05) is 52.3 Å². The Balaban J connectivity index is 1.57. The van der Waals surface area contributed by atoms with Crippen molar-refractivity contribution in [1.82, 2.24) is 0 Å². The molecule has 2 aliphatic heterocycles. The molecule has 1 spiro atoms. The molecule has 7 nitrogen and oxygen atoms in total. The topological polar surface area (TPSA) is 88.1 Å². The molecular formula is C36H40O7. The number of rotatable bonds is 7. The van der Waals surface area contributed by atoms with Crippen LogP contribution in [-0.2, 0) is 19.9 Å². The Kier molecular flexibility index (Phi) is 7.44. The van der Waals surface area contributed by atoms with Crippen molar-refractivity contribution in [2.75, 3.05) is 0 Å². The molecule has 0 radical (unpaired) electrons. The average molecular weight is 585 g/mol. The van der Waals surface area contributed by atoms with Crippen LogP contribution >= 0.6 is 0 Å². The van der Waals surface area contributed by atoms with Gasteiger partial charge in [-0.15, -0.1) is 0 Å². The summed E-state index contributed by atoms with van der Waals surface area (Å²) in [6.07, 6.45) is 2.17. The van der Waals surface area contributed by atoms with E-state index in [0.717, 1.165) is 6.42 Å². The van der Waals surface area contributed by atoms with Crippen LogP contribution in [-0.4, -0.2) is 17.9 Å². The Labute approximate surface area is 253 Å². The highest BCUT2D eigenvalue weighted by Gasteiger charge is 2.53. The molecule has 5 rings (SSSR count). The van der Waals surface area contributed by atoms with Crippen LogP contribution < -0.4 is 14.2 Å². The monoisotopic (exact) mass is 584 g/mol. The molecule has 226 valence electrons. The molecule has 2 heterocycles. The van der Waals surface area contributed by atoms with Gasteiger partial charge in [0.1, 0.15) is 23.0 Å². The van der Waals surface area contributed by atoms with Crippen molar-refractivity contribution in [3.63, 3.8) is 0 Å². The van der Waals surface area contributed by atoms with E-state index in [4.69, 9.17) is 18.9 Å². The standard InChI is InChI=1S/C36H40O7/c1-9-18-34(5,6)31(38)40-22-14-16-26-28(19-22)42-29-20-23(41-32(39)35(7,8)21-33(2,3)4)15-17-27(29)36(26)25-13-11-10-12-24(25)30(37)43-36/h10-17,19-20H,9,18,21H2,1-8H3. The van der Waals surface area contributed by atoms with Crippen LogP contribution in [0.4, 0.5) is 0 Å². The summed E-state index contributed by atoms with van der Waals surface area (Å²) >= 11 is 0. The number of hydrogen-bond donors (Lipinski definition) is 0. The van der Waals surface area contributed by atoms with Gasteiger partial charge in [0.15, 0.2) is 5.60 Å². The highest BCUT2D eigenvalue weighted by atomic mass is 16.6. The van der Waals surface area contributed by atoms with E-state index in [9.17, 15) is 14.4 Å². The number of carbonyl (C=O) groups excluding carboxylic acids is 3. The van der Waals surface area contributed by atoms with Crippen molar-refractivity contribution in [3.05, 3.63) is 82.9 Å². The maximum atomic E-state index is 13.2. The summed E-state index contributed by atoms with van der Waals surface area (Å²) in [6, 6.07) is 17.5. The molecule has 0 aromatic heterocycles. The number of carbonyl (C=O) groups is 3.